The average molecular weight is 689 g/mol. The number of pyridine rings is 1. The van der Waals surface area contributed by atoms with Crippen molar-refractivity contribution in [3.05, 3.63) is 118 Å². The number of hydrogen-bond donors (Lipinski definition) is 1. The molecule has 10 nitrogen and oxygen atoms in total. The van der Waals surface area contributed by atoms with Gasteiger partial charge in [0.1, 0.15) is 24.1 Å². The van der Waals surface area contributed by atoms with E-state index < -0.39 is 23.4 Å². The smallest absolute Gasteiger partial charge is 0.335 e. The molecule has 0 saturated carbocycles. The fourth-order valence-electron chi connectivity index (χ4n) is 5.99. The van der Waals surface area contributed by atoms with E-state index in [0.717, 1.165) is 18.2 Å². The predicted octanol–water partition coefficient (Wildman–Crippen LogP) is 7.22. The predicted molar refractivity (Wildman–Crippen MR) is 173 cm³/mol. The second-order valence-corrected chi connectivity index (χ2v) is 12.8. The Hall–Kier alpha value is -5.27. The maximum Gasteiger partial charge on any atom is 0.335 e. The summed E-state index contributed by atoms with van der Waals surface area (Å²) in [5, 5.41) is 17.5. The van der Waals surface area contributed by atoms with Crippen LogP contribution >= 0.6 is 11.6 Å². The second kappa shape index (κ2) is 12.6. The van der Waals surface area contributed by atoms with Crippen LogP contribution < -0.4 is 4.74 Å². The van der Waals surface area contributed by atoms with E-state index in [-0.39, 0.29) is 52.5 Å². The van der Waals surface area contributed by atoms with Crippen LogP contribution in [0.5, 0.6) is 5.75 Å². The Morgan fingerprint density at radius 2 is 1.90 bits per heavy atom. The third kappa shape index (κ3) is 6.22. The Morgan fingerprint density at radius 3 is 2.61 bits per heavy atom. The fraction of sp³-hybridized carbons (Fsp3) is 0.229. The Balaban J connectivity index is 1.17. The van der Waals surface area contributed by atoms with E-state index in [9.17, 15) is 14.3 Å². The molecule has 0 amide bonds. The molecule has 1 N–H and O–H groups in total. The van der Waals surface area contributed by atoms with E-state index in [1.807, 2.05) is 18.4 Å². The zero-order chi connectivity index (χ0) is 34.4. The minimum Gasteiger partial charge on any atom is -0.486 e. The van der Waals surface area contributed by atoms with Gasteiger partial charge in [-0.2, -0.15) is 0 Å². The van der Waals surface area contributed by atoms with E-state index in [0.29, 0.717) is 46.5 Å². The van der Waals surface area contributed by atoms with Gasteiger partial charge < -0.3 is 19.1 Å². The topological polar surface area (TPSA) is 117 Å². The first kappa shape index (κ1) is 32.3. The highest BCUT2D eigenvalue weighted by Crippen LogP contribution is 2.41. The maximum absolute atomic E-state index is 15.8. The maximum atomic E-state index is 15.8. The zero-order valence-corrected chi connectivity index (χ0v) is 27.0. The molecule has 3 aromatic heterocycles. The van der Waals surface area contributed by atoms with Gasteiger partial charge in [0, 0.05) is 35.2 Å². The monoisotopic (exact) mass is 688 g/mol. The van der Waals surface area contributed by atoms with Gasteiger partial charge in [-0.05, 0) is 53.6 Å². The van der Waals surface area contributed by atoms with Crippen LogP contribution in [0.3, 0.4) is 0 Å². The highest BCUT2D eigenvalue weighted by Gasteiger charge is 2.39. The number of imidazole rings is 1. The number of nitrogens with zero attached hydrogens (tertiary/aromatic N) is 6. The van der Waals surface area contributed by atoms with E-state index in [4.69, 9.17) is 26.1 Å². The normalized spacial score (nSPS) is 15.6. The number of fused-ring (bicyclic) bond motifs is 1. The van der Waals surface area contributed by atoms with Gasteiger partial charge in [0.05, 0.1) is 53.3 Å². The minimum atomic E-state index is -1.09. The van der Waals surface area contributed by atoms with Crippen molar-refractivity contribution in [1.29, 1.82) is 0 Å². The van der Waals surface area contributed by atoms with Gasteiger partial charge in [0.25, 0.3) is 0 Å². The van der Waals surface area contributed by atoms with Crippen LogP contribution in [0.4, 0.5) is 13.2 Å². The number of halogens is 4. The molecular formula is C35H28ClF3N6O4. The van der Waals surface area contributed by atoms with Gasteiger partial charge in [-0.1, -0.05) is 36.7 Å². The lowest BCUT2D eigenvalue weighted by Crippen LogP contribution is -2.27. The molecule has 14 heteroatoms. The summed E-state index contributed by atoms with van der Waals surface area (Å²) in [6.45, 7) is 4.73. The van der Waals surface area contributed by atoms with Crippen molar-refractivity contribution in [3.63, 3.8) is 0 Å². The third-order valence-electron chi connectivity index (χ3n) is 8.66. The number of ether oxygens (including phenoxy) is 2. The first-order chi connectivity index (χ1) is 23.5. The number of carboxylic acid groups (broad SMARTS) is 1. The van der Waals surface area contributed by atoms with E-state index >= 15 is 8.78 Å². The standard InChI is InChI=1S/C35H28ClF3N6O4/c1-35(2)18-48-17-31(35)45-29-10-20(34(46)47)4-6-28(29)42-33(45)12-21-9-27(39)23(13-26(21)38)19-3-5-25(37)30(11-19)49-16-22-15-40-32(14-24(22)36)44-8-7-41-43-44/h3-11,13-15,31H,12,16-18H2,1-2H3,(H,46,47)/t31-/m1/s1. The van der Waals surface area contributed by atoms with Crippen molar-refractivity contribution >= 4 is 28.6 Å². The lowest BCUT2D eigenvalue weighted by molar-refractivity contribution is 0.0697. The third-order valence-corrected chi connectivity index (χ3v) is 9.01. The number of carboxylic acids is 1. The van der Waals surface area contributed by atoms with Gasteiger partial charge in [-0.25, -0.2) is 32.6 Å². The number of carbonyl (C=O) groups is 1. The van der Waals surface area contributed by atoms with Gasteiger partial charge in [0.2, 0.25) is 0 Å². The van der Waals surface area contributed by atoms with Crippen LogP contribution in [0.1, 0.15) is 47.2 Å². The number of rotatable bonds is 9. The van der Waals surface area contributed by atoms with Crippen LogP contribution in [0.2, 0.25) is 5.02 Å². The van der Waals surface area contributed by atoms with Crippen molar-refractivity contribution in [2.24, 2.45) is 5.41 Å². The summed E-state index contributed by atoms with van der Waals surface area (Å²) in [6, 6.07) is 11.8. The molecule has 7 rings (SSSR count). The molecule has 3 aromatic carbocycles. The molecule has 1 saturated heterocycles. The first-order valence-corrected chi connectivity index (χ1v) is 15.6. The lowest BCUT2D eigenvalue weighted by Gasteiger charge is -2.28. The molecule has 1 atom stereocenters. The molecule has 0 aliphatic carbocycles. The number of hydrogen-bond acceptors (Lipinski definition) is 7. The average Bonchev–Trinajstić information content (AvgIpc) is 3.81. The van der Waals surface area contributed by atoms with Gasteiger partial charge in [-0.15, -0.1) is 5.10 Å². The van der Waals surface area contributed by atoms with Gasteiger partial charge in [0.15, 0.2) is 17.4 Å². The highest BCUT2D eigenvalue weighted by atomic mass is 35.5. The Kier molecular flexibility index (Phi) is 8.33. The zero-order valence-electron chi connectivity index (χ0n) is 26.2. The van der Waals surface area contributed by atoms with Crippen LogP contribution in [-0.4, -0.2) is 53.8 Å². The first-order valence-electron chi connectivity index (χ1n) is 15.2. The summed E-state index contributed by atoms with van der Waals surface area (Å²) in [5.41, 5.74) is 1.47. The van der Waals surface area contributed by atoms with E-state index in [1.165, 1.54) is 41.3 Å². The van der Waals surface area contributed by atoms with Crippen molar-refractivity contribution in [2.75, 3.05) is 13.2 Å². The van der Waals surface area contributed by atoms with Crippen molar-refractivity contribution in [2.45, 2.75) is 32.9 Å². The molecule has 0 spiro atoms. The van der Waals surface area contributed by atoms with Gasteiger partial charge >= 0.3 is 5.97 Å². The van der Waals surface area contributed by atoms with Crippen LogP contribution in [-0.2, 0) is 17.8 Å². The molecule has 1 aliphatic heterocycles. The summed E-state index contributed by atoms with van der Waals surface area (Å²) >= 11 is 6.39. The van der Waals surface area contributed by atoms with Crippen LogP contribution in [0, 0.1) is 22.9 Å². The minimum absolute atomic E-state index is 0.0445. The molecule has 1 fully saturated rings. The lowest BCUT2D eigenvalue weighted by atomic mass is 9.87. The number of benzene rings is 3. The molecule has 250 valence electrons. The highest BCUT2D eigenvalue weighted by molar-refractivity contribution is 6.31. The quantitative estimate of drug-likeness (QED) is 0.169. The Bertz CT molecular complexity index is 2220. The van der Waals surface area contributed by atoms with Crippen molar-refractivity contribution < 1.29 is 32.5 Å². The summed E-state index contributed by atoms with van der Waals surface area (Å²) in [6.07, 6.45) is 4.49. The molecule has 1 aliphatic rings. The van der Waals surface area contributed by atoms with Crippen molar-refractivity contribution in [3.8, 4) is 22.7 Å². The Morgan fingerprint density at radius 1 is 1.06 bits per heavy atom. The second-order valence-electron chi connectivity index (χ2n) is 12.4. The summed E-state index contributed by atoms with van der Waals surface area (Å²) in [7, 11) is 0. The molecule has 49 heavy (non-hydrogen) atoms. The fourth-order valence-corrected chi connectivity index (χ4v) is 6.19. The van der Waals surface area contributed by atoms with Crippen LogP contribution in [0.15, 0.2) is 73.2 Å². The van der Waals surface area contributed by atoms with Crippen LogP contribution in [0.25, 0.3) is 28.0 Å². The molecule has 0 unspecified atom stereocenters. The number of aromatic carboxylic acids is 1. The Labute approximate surface area is 282 Å². The van der Waals surface area contributed by atoms with E-state index in [2.05, 4.69) is 15.3 Å². The molecule has 0 bridgehead atoms. The summed E-state index contributed by atoms with van der Waals surface area (Å²) < 4.78 is 61.1. The largest absolute Gasteiger partial charge is 0.486 e. The molecule has 6 aromatic rings. The molecule has 4 heterocycles. The van der Waals surface area contributed by atoms with Crippen molar-refractivity contribution in [1.82, 2.24) is 29.5 Å². The van der Waals surface area contributed by atoms with Gasteiger partial charge in [-0.3, -0.25) is 0 Å². The van der Waals surface area contributed by atoms with E-state index in [1.54, 1.807) is 18.3 Å². The summed E-state index contributed by atoms with van der Waals surface area (Å²) in [5.74, 6) is -2.53. The molecular weight excluding hydrogens is 661 g/mol. The number of aromatic nitrogens is 6. The summed E-state index contributed by atoms with van der Waals surface area (Å²) in [4.78, 5) is 20.7. The SMILES string of the molecule is CC1(C)COC[C@H]1n1c(Cc2cc(F)c(-c3ccc(F)c(OCc4cnc(-n5ccnn5)cc4Cl)c3)cc2F)nc2ccc(C(=O)O)cc21. The molecule has 0 radical (unpaired) electrons.